The third-order valence-corrected chi connectivity index (χ3v) is 8.03. The van der Waals surface area contributed by atoms with Gasteiger partial charge in [0, 0.05) is 22.2 Å². The van der Waals surface area contributed by atoms with Crippen LogP contribution in [0.25, 0.3) is 0 Å². The summed E-state index contributed by atoms with van der Waals surface area (Å²) in [5.41, 5.74) is 8.45. The molecule has 9 nitrogen and oxygen atoms in total. The number of aryl methyl sites for hydroxylation is 1. The zero-order valence-electron chi connectivity index (χ0n) is 23.3. The summed E-state index contributed by atoms with van der Waals surface area (Å²) in [7, 11) is 0. The quantitative estimate of drug-likeness (QED) is 0.437. The Kier molecular flexibility index (Phi) is 6.01. The molecule has 9 heteroatoms. The van der Waals surface area contributed by atoms with Crippen molar-refractivity contribution >= 4 is 6.09 Å². The summed E-state index contributed by atoms with van der Waals surface area (Å²) in [6, 6.07) is 8.04. The Morgan fingerprint density at radius 3 is 2.59 bits per heavy atom. The molecule has 3 aliphatic carbocycles. The summed E-state index contributed by atoms with van der Waals surface area (Å²) < 4.78 is 11.1. The maximum Gasteiger partial charge on any atom is 0.408 e. The van der Waals surface area contributed by atoms with Crippen molar-refractivity contribution in [3.63, 3.8) is 0 Å². The molecule has 1 amide bonds. The first-order valence-electron chi connectivity index (χ1n) is 13.2. The molecule has 1 atom stereocenters. The molecule has 0 spiro atoms. The van der Waals surface area contributed by atoms with E-state index in [1.807, 2.05) is 59.7 Å². The second-order valence-corrected chi connectivity index (χ2v) is 12.5. The van der Waals surface area contributed by atoms with E-state index in [-0.39, 0.29) is 29.4 Å². The summed E-state index contributed by atoms with van der Waals surface area (Å²) in [6.07, 6.45) is 1.94. The van der Waals surface area contributed by atoms with E-state index < -0.39 is 17.1 Å². The number of nitrogens with two attached hydrogens (primary N) is 1. The zero-order chi connectivity index (χ0) is 28.4. The highest BCUT2D eigenvalue weighted by Crippen LogP contribution is 2.67. The van der Waals surface area contributed by atoms with E-state index >= 15 is 0 Å². The molecule has 1 aromatic carbocycles. The van der Waals surface area contributed by atoms with E-state index in [0.29, 0.717) is 17.0 Å². The molecule has 1 aromatic heterocycles. The number of nitrogens with zero attached hydrogens (tertiary/aromatic N) is 2. The maximum absolute atomic E-state index is 12.2. The monoisotopic (exact) mass is 529 g/mol. The van der Waals surface area contributed by atoms with Crippen LogP contribution in [0.1, 0.15) is 81.8 Å². The van der Waals surface area contributed by atoms with Crippen LogP contribution in [0, 0.1) is 41.4 Å². The van der Waals surface area contributed by atoms with Gasteiger partial charge in [0.05, 0.1) is 17.6 Å². The number of aromatic nitrogens is 2. The predicted molar refractivity (Wildman–Crippen MR) is 144 cm³/mol. The largest absolute Gasteiger partial charge is 0.444 e. The first kappa shape index (κ1) is 26.6. The Bertz CT molecular complexity index is 1470. The molecule has 4 aliphatic rings. The molecule has 5 N–H and O–H groups in total. The van der Waals surface area contributed by atoms with Gasteiger partial charge in [-0.15, -0.1) is 5.10 Å². The average molecular weight is 530 g/mol. The number of carbonyl (C=O) groups excluding carboxylic acids is 1. The van der Waals surface area contributed by atoms with Gasteiger partial charge in [0.25, 0.3) is 0 Å². The number of alkyl carbamates (subject to hydrolysis) is 1. The first-order chi connectivity index (χ1) is 18.3. The van der Waals surface area contributed by atoms with Crippen LogP contribution in [0.2, 0.25) is 0 Å². The highest BCUT2D eigenvalue weighted by atomic mass is 16.6. The lowest BCUT2D eigenvalue weighted by atomic mass is 9.40. The van der Waals surface area contributed by atoms with Crippen LogP contribution < -0.4 is 15.8 Å². The van der Waals surface area contributed by atoms with Crippen LogP contribution in [0.4, 0.5) is 4.79 Å². The highest BCUT2D eigenvalue weighted by Gasteiger charge is 2.68. The van der Waals surface area contributed by atoms with Crippen molar-refractivity contribution < 1.29 is 19.4 Å². The Morgan fingerprint density at radius 2 is 2.00 bits per heavy atom. The lowest BCUT2D eigenvalue weighted by Gasteiger charge is -2.67. The lowest BCUT2D eigenvalue weighted by Crippen LogP contribution is -2.74. The van der Waals surface area contributed by atoms with Crippen molar-refractivity contribution in [3.8, 4) is 23.8 Å². The number of aromatic amines is 1. The van der Waals surface area contributed by atoms with Gasteiger partial charge in [-0.3, -0.25) is 5.10 Å². The molecular weight excluding hydrogens is 494 g/mol. The van der Waals surface area contributed by atoms with Gasteiger partial charge in [0.1, 0.15) is 17.2 Å². The van der Waals surface area contributed by atoms with Crippen molar-refractivity contribution in [3.05, 3.63) is 57.6 Å². The Morgan fingerprint density at radius 1 is 1.31 bits per heavy atom. The van der Waals surface area contributed by atoms with Crippen LogP contribution in [0.3, 0.4) is 0 Å². The number of ether oxygens (including phenoxy) is 2. The SMILES string of the molecule is Cc1[nH]nc2c1[C@@](c1cc(C#CC34CC(NC(=O)OC(C)(C)C)(C3)C4)cc(CO)c1)(C(C)C)C(C#N)=C(N)O2. The number of fused-ring (bicyclic) bond motifs is 1. The van der Waals surface area contributed by atoms with Gasteiger partial charge in [0.2, 0.25) is 11.8 Å². The van der Waals surface area contributed by atoms with E-state index in [9.17, 15) is 15.2 Å². The topological polar surface area (TPSA) is 146 Å². The Balaban J connectivity index is 1.49. The number of aliphatic hydroxyl groups is 1. The summed E-state index contributed by atoms with van der Waals surface area (Å²) in [6.45, 7) is 11.3. The van der Waals surface area contributed by atoms with Gasteiger partial charge in [0.15, 0.2) is 0 Å². The number of hydrogen-bond acceptors (Lipinski definition) is 7. The number of allylic oxidation sites excluding steroid dienone is 1. The smallest absolute Gasteiger partial charge is 0.408 e. The van der Waals surface area contributed by atoms with Crippen molar-refractivity contribution in [2.24, 2.45) is 17.1 Å². The van der Waals surface area contributed by atoms with Crippen molar-refractivity contribution in [1.29, 1.82) is 5.26 Å². The molecule has 1 aliphatic heterocycles. The number of carbonyl (C=O) groups is 1. The standard InChI is InChI=1S/C30H35N5O4/c1-17(2)30(22(12-31)24(32)38-25-23(30)18(3)34-35-25)21-10-19(9-20(11-21)13-36)7-8-28-14-29(15-28,16-28)33-26(37)39-27(4,5)6/h9-11,17,36H,13-16,32H2,1-6H3,(H,33,37)(H,34,35)/t28?,29?,30-/m1/s1. The van der Waals surface area contributed by atoms with Crippen LogP contribution in [-0.4, -0.2) is 32.5 Å². The van der Waals surface area contributed by atoms with Crippen LogP contribution in [-0.2, 0) is 16.8 Å². The number of benzene rings is 1. The van der Waals surface area contributed by atoms with Gasteiger partial charge >= 0.3 is 6.09 Å². The fourth-order valence-electron chi connectivity index (χ4n) is 6.62. The number of nitrogens with one attached hydrogen (secondary N) is 2. The molecule has 0 radical (unpaired) electrons. The number of H-pyrrole nitrogens is 1. The molecule has 2 bridgehead atoms. The van der Waals surface area contributed by atoms with E-state index in [2.05, 4.69) is 33.4 Å². The maximum atomic E-state index is 12.2. The molecule has 6 rings (SSSR count). The summed E-state index contributed by atoms with van der Waals surface area (Å²) >= 11 is 0. The average Bonchev–Trinajstić information content (AvgIpc) is 3.17. The number of aliphatic hydroxyl groups excluding tert-OH is 1. The molecule has 0 unspecified atom stereocenters. The minimum atomic E-state index is -0.942. The number of nitriles is 1. The van der Waals surface area contributed by atoms with Crippen molar-refractivity contribution in [2.45, 2.75) is 84.0 Å². The van der Waals surface area contributed by atoms with E-state index in [0.717, 1.165) is 41.6 Å². The fraction of sp³-hybridized carbons (Fsp3) is 0.500. The van der Waals surface area contributed by atoms with Crippen molar-refractivity contribution in [1.82, 2.24) is 15.5 Å². The minimum Gasteiger partial charge on any atom is -0.444 e. The number of amides is 1. The second-order valence-electron chi connectivity index (χ2n) is 12.5. The second kappa shape index (κ2) is 8.79. The molecule has 39 heavy (non-hydrogen) atoms. The number of rotatable bonds is 4. The van der Waals surface area contributed by atoms with Gasteiger partial charge in [-0.05, 0) is 76.1 Å². The molecular formula is C30H35N5O4. The van der Waals surface area contributed by atoms with Gasteiger partial charge in [-0.2, -0.15) is 5.26 Å². The van der Waals surface area contributed by atoms with Gasteiger partial charge in [-0.25, -0.2) is 4.79 Å². The molecule has 0 saturated heterocycles. The van der Waals surface area contributed by atoms with E-state index in [4.69, 9.17) is 15.2 Å². The third-order valence-electron chi connectivity index (χ3n) is 8.03. The third kappa shape index (κ3) is 4.22. The molecule has 2 heterocycles. The molecule has 3 fully saturated rings. The van der Waals surface area contributed by atoms with Gasteiger partial charge < -0.3 is 25.6 Å². The highest BCUT2D eigenvalue weighted by molar-refractivity contribution is 5.70. The van der Waals surface area contributed by atoms with E-state index in [1.165, 1.54) is 0 Å². The summed E-state index contributed by atoms with van der Waals surface area (Å²) in [4.78, 5) is 12.2. The van der Waals surface area contributed by atoms with Crippen LogP contribution in [0.5, 0.6) is 5.88 Å². The first-order valence-corrected chi connectivity index (χ1v) is 13.2. The van der Waals surface area contributed by atoms with Gasteiger partial charge in [-0.1, -0.05) is 31.8 Å². The minimum absolute atomic E-state index is 0.0175. The number of hydrogen-bond donors (Lipinski definition) is 4. The zero-order valence-corrected chi connectivity index (χ0v) is 23.3. The summed E-state index contributed by atoms with van der Waals surface area (Å²) in [5, 5.41) is 30.7. The lowest BCUT2D eigenvalue weighted by molar-refractivity contribution is -0.107. The molecule has 3 saturated carbocycles. The van der Waals surface area contributed by atoms with Crippen LogP contribution in [0.15, 0.2) is 29.7 Å². The predicted octanol–water partition coefficient (Wildman–Crippen LogP) is 4.04. The summed E-state index contributed by atoms with van der Waals surface area (Å²) in [5.74, 6) is 7.03. The Labute approximate surface area is 228 Å². The normalized spacial score (nSPS) is 26.7. The molecule has 204 valence electrons. The molecule has 2 aromatic rings. The van der Waals surface area contributed by atoms with Crippen molar-refractivity contribution in [2.75, 3.05) is 0 Å². The fourth-order valence-corrected chi connectivity index (χ4v) is 6.62. The van der Waals surface area contributed by atoms with E-state index in [1.54, 1.807) is 0 Å². The van der Waals surface area contributed by atoms with Crippen LogP contribution >= 0.6 is 0 Å². The Hall–Kier alpha value is -3.95.